The van der Waals surface area contributed by atoms with Crippen LogP contribution < -0.4 is 5.32 Å². The molecule has 0 aliphatic rings. The van der Waals surface area contributed by atoms with Gasteiger partial charge in [-0.15, -0.1) is 0 Å². The molecule has 0 aromatic heterocycles. The Kier molecular flexibility index (Phi) is 5.11. The molecule has 0 aliphatic heterocycles. The number of ether oxygens (including phenoxy) is 1. The first kappa shape index (κ1) is 11.9. The lowest BCUT2D eigenvalue weighted by Crippen LogP contribution is -2.38. The predicted molar refractivity (Wildman–Crippen MR) is 49.5 cm³/mol. The summed E-state index contributed by atoms with van der Waals surface area (Å²) >= 11 is 0. The Morgan fingerprint density at radius 2 is 1.85 bits per heavy atom. The van der Waals surface area contributed by atoms with Gasteiger partial charge in [0.2, 0.25) is 0 Å². The van der Waals surface area contributed by atoms with Crippen LogP contribution in [0.5, 0.6) is 0 Å². The summed E-state index contributed by atoms with van der Waals surface area (Å²) < 4.78 is 4.82. The van der Waals surface area contributed by atoms with E-state index in [2.05, 4.69) is 5.32 Å². The minimum Gasteiger partial charge on any atom is -0.449 e. The van der Waals surface area contributed by atoms with Crippen LogP contribution in [0, 0.1) is 5.92 Å². The minimum atomic E-state index is -0.531. The summed E-state index contributed by atoms with van der Waals surface area (Å²) in [6.45, 7) is 7.31. The van der Waals surface area contributed by atoms with Crippen LogP contribution in [0.15, 0.2) is 0 Å². The summed E-state index contributed by atoms with van der Waals surface area (Å²) in [5, 5.41) is 2.42. The molecule has 13 heavy (non-hydrogen) atoms. The van der Waals surface area contributed by atoms with E-state index >= 15 is 0 Å². The molecule has 1 atom stereocenters. The van der Waals surface area contributed by atoms with Gasteiger partial charge in [0.25, 0.3) is 0 Å². The third kappa shape index (κ3) is 6.13. The van der Waals surface area contributed by atoms with Crippen LogP contribution in [-0.2, 0) is 9.53 Å². The molecule has 1 amide bonds. The van der Waals surface area contributed by atoms with Gasteiger partial charge in [-0.2, -0.15) is 0 Å². The zero-order valence-corrected chi connectivity index (χ0v) is 8.59. The lowest BCUT2D eigenvalue weighted by molar-refractivity contribution is -0.118. The molecule has 0 rings (SSSR count). The van der Waals surface area contributed by atoms with Crippen LogP contribution in [-0.4, -0.2) is 24.5 Å². The molecule has 0 aromatic rings. The van der Waals surface area contributed by atoms with Crippen molar-refractivity contribution in [3.8, 4) is 0 Å². The van der Waals surface area contributed by atoms with E-state index in [9.17, 15) is 9.59 Å². The largest absolute Gasteiger partial charge is 0.449 e. The van der Waals surface area contributed by atoms with E-state index in [-0.39, 0.29) is 5.78 Å². The van der Waals surface area contributed by atoms with Crippen molar-refractivity contribution in [3.05, 3.63) is 0 Å². The highest BCUT2D eigenvalue weighted by atomic mass is 16.5. The number of carbonyl (C=O) groups excluding carboxylic acids is 2. The van der Waals surface area contributed by atoms with Crippen molar-refractivity contribution < 1.29 is 14.3 Å². The van der Waals surface area contributed by atoms with Gasteiger partial charge in [0.05, 0.1) is 12.6 Å². The van der Waals surface area contributed by atoms with Crippen LogP contribution >= 0.6 is 0 Å². The Morgan fingerprint density at radius 1 is 1.31 bits per heavy atom. The number of rotatable bonds is 4. The third-order valence-corrected chi connectivity index (χ3v) is 1.49. The molecule has 0 fully saturated rings. The second-order valence-corrected chi connectivity index (χ2v) is 3.47. The lowest BCUT2D eigenvalue weighted by Gasteiger charge is -2.11. The summed E-state index contributed by atoms with van der Waals surface area (Å²) in [7, 11) is 0. The van der Waals surface area contributed by atoms with Gasteiger partial charge in [0.1, 0.15) is 0 Å². The zero-order chi connectivity index (χ0) is 10.4. The van der Waals surface area contributed by atoms with E-state index in [1.54, 1.807) is 6.92 Å². The molecule has 0 heterocycles. The van der Waals surface area contributed by atoms with Crippen LogP contribution in [0.4, 0.5) is 4.79 Å². The third-order valence-electron chi connectivity index (χ3n) is 1.49. The standard InChI is InChI=1S/C9H17NO3/c1-6(2)5-13-9(12)10-7(3)8(4)11/h6-7H,5H2,1-4H3,(H,10,12)/t7-/m0/s1. The second-order valence-electron chi connectivity index (χ2n) is 3.47. The van der Waals surface area contributed by atoms with Gasteiger partial charge in [-0.3, -0.25) is 4.79 Å². The average Bonchev–Trinajstić information content (AvgIpc) is 2.00. The highest BCUT2D eigenvalue weighted by Gasteiger charge is 2.11. The summed E-state index contributed by atoms with van der Waals surface area (Å²) in [5.74, 6) is 0.222. The maximum absolute atomic E-state index is 11.0. The van der Waals surface area contributed by atoms with Gasteiger partial charge in [-0.25, -0.2) is 4.79 Å². The zero-order valence-electron chi connectivity index (χ0n) is 8.59. The van der Waals surface area contributed by atoms with Crippen molar-refractivity contribution in [2.24, 2.45) is 5.92 Å². The van der Waals surface area contributed by atoms with Gasteiger partial charge in [-0.1, -0.05) is 13.8 Å². The second kappa shape index (κ2) is 5.56. The Labute approximate surface area is 78.6 Å². The number of ketones is 1. The lowest BCUT2D eigenvalue weighted by atomic mass is 10.2. The molecule has 0 spiro atoms. The molecule has 0 radical (unpaired) electrons. The van der Waals surface area contributed by atoms with E-state index in [4.69, 9.17) is 4.74 Å². The van der Waals surface area contributed by atoms with E-state index in [0.717, 1.165) is 0 Å². The molecule has 1 N–H and O–H groups in total. The smallest absolute Gasteiger partial charge is 0.407 e. The van der Waals surface area contributed by atoms with Gasteiger partial charge in [0, 0.05) is 0 Å². The number of Topliss-reactive ketones (excluding diaryl/α,β-unsaturated/α-hetero) is 1. The predicted octanol–water partition coefficient (Wildman–Crippen LogP) is 1.35. The Bertz CT molecular complexity index is 189. The average molecular weight is 187 g/mol. The molecule has 0 aliphatic carbocycles. The van der Waals surface area contributed by atoms with Crippen LogP contribution in [0.3, 0.4) is 0 Å². The molecule has 0 unspecified atom stereocenters. The first-order valence-corrected chi connectivity index (χ1v) is 4.37. The summed E-state index contributed by atoms with van der Waals surface area (Å²) in [6, 6.07) is -0.473. The van der Waals surface area contributed by atoms with Crippen molar-refractivity contribution in [2.75, 3.05) is 6.61 Å². The fourth-order valence-electron chi connectivity index (χ4n) is 0.562. The maximum atomic E-state index is 11.0. The van der Waals surface area contributed by atoms with Crippen LogP contribution in [0.1, 0.15) is 27.7 Å². The molecule has 4 nitrogen and oxygen atoms in total. The number of hydrogen-bond donors (Lipinski definition) is 1. The fourth-order valence-corrected chi connectivity index (χ4v) is 0.562. The Morgan fingerprint density at radius 3 is 2.23 bits per heavy atom. The molecule has 0 bridgehead atoms. The van der Waals surface area contributed by atoms with Gasteiger partial charge < -0.3 is 10.1 Å². The highest BCUT2D eigenvalue weighted by Crippen LogP contribution is 1.93. The molecule has 76 valence electrons. The van der Waals surface area contributed by atoms with E-state index in [1.165, 1.54) is 6.92 Å². The number of amides is 1. The van der Waals surface area contributed by atoms with E-state index in [0.29, 0.717) is 12.5 Å². The molecular formula is C9H17NO3. The maximum Gasteiger partial charge on any atom is 0.407 e. The van der Waals surface area contributed by atoms with Crippen LogP contribution in [0.25, 0.3) is 0 Å². The van der Waals surface area contributed by atoms with Gasteiger partial charge in [-0.05, 0) is 19.8 Å². The van der Waals surface area contributed by atoms with E-state index in [1.807, 2.05) is 13.8 Å². The number of alkyl carbamates (subject to hydrolysis) is 1. The molecule has 0 saturated carbocycles. The summed E-state index contributed by atoms with van der Waals surface area (Å²) in [5.41, 5.74) is 0. The van der Waals surface area contributed by atoms with Crippen molar-refractivity contribution >= 4 is 11.9 Å². The molecular weight excluding hydrogens is 170 g/mol. The monoisotopic (exact) mass is 187 g/mol. The molecule has 0 aromatic carbocycles. The number of carbonyl (C=O) groups is 2. The molecule has 4 heteroatoms. The topological polar surface area (TPSA) is 55.4 Å². The van der Waals surface area contributed by atoms with Crippen LogP contribution in [0.2, 0.25) is 0 Å². The van der Waals surface area contributed by atoms with E-state index < -0.39 is 12.1 Å². The number of hydrogen-bond acceptors (Lipinski definition) is 3. The highest BCUT2D eigenvalue weighted by molar-refractivity contribution is 5.84. The Hall–Kier alpha value is -1.06. The van der Waals surface area contributed by atoms with Crippen molar-refractivity contribution in [1.29, 1.82) is 0 Å². The quantitative estimate of drug-likeness (QED) is 0.722. The fraction of sp³-hybridized carbons (Fsp3) is 0.778. The number of nitrogens with one attached hydrogen (secondary N) is 1. The summed E-state index contributed by atoms with van der Waals surface area (Å²) in [6.07, 6.45) is -0.531. The van der Waals surface area contributed by atoms with Crippen molar-refractivity contribution in [3.63, 3.8) is 0 Å². The first-order chi connectivity index (χ1) is 5.93. The normalized spacial score (nSPS) is 12.4. The van der Waals surface area contributed by atoms with Gasteiger partial charge >= 0.3 is 6.09 Å². The minimum absolute atomic E-state index is 0.0819. The van der Waals surface area contributed by atoms with Gasteiger partial charge in [0.15, 0.2) is 5.78 Å². The SMILES string of the molecule is CC(=O)[C@H](C)NC(=O)OCC(C)C. The Balaban J connectivity index is 3.68. The van der Waals surface area contributed by atoms with Crippen molar-refractivity contribution in [2.45, 2.75) is 33.7 Å². The first-order valence-electron chi connectivity index (χ1n) is 4.37. The van der Waals surface area contributed by atoms with Crippen molar-refractivity contribution in [1.82, 2.24) is 5.32 Å². The molecule has 0 saturated heterocycles. The summed E-state index contributed by atoms with van der Waals surface area (Å²) in [4.78, 5) is 21.7.